The maximum Gasteiger partial charge on any atom is 0.241 e. The first-order chi connectivity index (χ1) is 9.22. The Morgan fingerprint density at radius 1 is 1.32 bits per heavy atom. The lowest BCUT2D eigenvalue weighted by atomic mass is 10.1. The van der Waals surface area contributed by atoms with Crippen molar-refractivity contribution in [3.8, 4) is 0 Å². The lowest BCUT2D eigenvalue weighted by Gasteiger charge is -2.31. The predicted octanol–water partition coefficient (Wildman–Crippen LogP) is 1.96. The van der Waals surface area contributed by atoms with E-state index in [-0.39, 0.29) is 11.9 Å². The maximum atomic E-state index is 12.3. The van der Waals surface area contributed by atoms with Crippen LogP contribution in [0.3, 0.4) is 0 Å². The van der Waals surface area contributed by atoms with Gasteiger partial charge in [0.1, 0.15) is 0 Å². The van der Waals surface area contributed by atoms with Crippen LogP contribution >= 0.6 is 0 Å². The minimum Gasteiger partial charge on any atom is -0.326 e. The lowest BCUT2D eigenvalue weighted by molar-refractivity contribution is -0.121. The molecule has 0 aromatic heterocycles. The molecule has 104 valence electrons. The van der Waals surface area contributed by atoms with Gasteiger partial charge in [0.2, 0.25) is 5.91 Å². The summed E-state index contributed by atoms with van der Waals surface area (Å²) in [5.74, 6) is 0.0581. The third kappa shape index (κ3) is 3.55. The minimum absolute atomic E-state index is 0.0581. The van der Waals surface area contributed by atoms with Crippen LogP contribution in [0.1, 0.15) is 31.7 Å². The first-order valence-corrected chi connectivity index (χ1v) is 7.05. The van der Waals surface area contributed by atoms with Crippen LogP contribution in [0, 0.1) is 0 Å². The van der Waals surface area contributed by atoms with Crippen LogP contribution in [0.4, 0.5) is 5.69 Å². The van der Waals surface area contributed by atoms with Crippen molar-refractivity contribution in [2.24, 2.45) is 5.73 Å². The highest BCUT2D eigenvalue weighted by Gasteiger charge is 2.23. The Balaban J connectivity index is 1.99. The average Bonchev–Trinajstić information content (AvgIpc) is 2.48. The van der Waals surface area contributed by atoms with Crippen LogP contribution in [0.5, 0.6) is 0 Å². The molecule has 1 heterocycles. The van der Waals surface area contributed by atoms with E-state index in [0.717, 1.165) is 24.3 Å². The van der Waals surface area contributed by atoms with Crippen LogP contribution in [0.25, 0.3) is 0 Å². The zero-order valence-corrected chi connectivity index (χ0v) is 11.6. The van der Waals surface area contributed by atoms with Crippen molar-refractivity contribution in [3.05, 3.63) is 29.8 Å². The molecular weight excluding hydrogens is 238 g/mol. The number of anilines is 1. The summed E-state index contributed by atoms with van der Waals surface area (Å²) in [5.41, 5.74) is 7.49. The van der Waals surface area contributed by atoms with Crippen LogP contribution in [-0.2, 0) is 11.3 Å². The number of benzene rings is 1. The highest BCUT2D eigenvalue weighted by molar-refractivity contribution is 5.95. The molecule has 0 bridgehead atoms. The second kappa shape index (κ2) is 6.68. The van der Waals surface area contributed by atoms with E-state index in [1.54, 1.807) is 0 Å². The van der Waals surface area contributed by atoms with Gasteiger partial charge in [-0.1, -0.05) is 24.6 Å². The van der Waals surface area contributed by atoms with Crippen molar-refractivity contribution in [2.45, 2.75) is 38.8 Å². The fourth-order valence-electron chi connectivity index (χ4n) is 2.53. The van der Waals surface area contributed by atoms with E-state index in [1.807, 2.05) is 31.2 Å². The minimum atomic E-state index is -0.0777. The second-order valence-electron chi connectivity index (χ2n) is 5.12. The number of carbonyl (C=O) groups excluding carboxylic acids is 1. The monoisotopic (exact) mass is 261 g/mol. The van der Waals surface area contributed by atoms with Crippen molar-refractivity contribution in [1.82, 2.24) is 4.90 Å². The Morgan fingerprint density at radius 2 is 2.00 bits per heavy atom. The van der Waals surface area contributed by atoms with E-state index < -0.39 is 0 Å². The van der Waals surface area contributed by atoms with Gasteiger partial charge in [-0.15, -0.1) is 0 Å². The number of para-hydroxylation sites is 1. The molecule has 1 amide bonds. The van der Waals surface area contributed by atoms with Crippen molar-refractivity contribution >= 4 is 11.6 Å². The van der Waals surface area contributed by atoms with Gasteiger partial charge in [-0.3, -0.25) is 9.69 Å². The van der Waals surface area contributed by atoms with Gasteiger partial charge in [0.25, 0.3) is 0 Å². The molecule has 2 rings (SSSR count). The van der Waals surface area contributed by atoms with Gasteiger partial charge >= 0.3 is 0 Å². The smallest absolute Gasteiger partial charge is 0.241 e. The second-order valence-corrected chi connectivity index (χ2v) is 5.12. The molecule has 1 aliphatic rings. The summed E-state index contributed by atoms with van der Waals surface area (Å²) in [5, 5.41) is 3.00. The van der Waals surface area contributed by atoms with E-state index in [1.165, 1.54) is 19.3 Å². The molecule has 1 unspecified atom stereocenters. The van der Waals surface area contributed by atoms with Crippen LogP contribution in [0.2, 0.25) is 0 Å². The number of hydrogen-bond acceptors (Lipinski definition) is 3. The molecule has 0 spiro atoms. The quantitative estimate of drug-likeness (QED) is 0.871. The third-order valence-corrected chi connectivity index (χ3v) is 3.81. The number of likely N-dealkylation sites (tertiary alicyclic amines) is 1. The summed E-state index contributed by atoms with van der Waals surface area (Å²) in [6, 6.07) is 7.63. The Morgan fingerprint density at radius 3 is 2.68 bits per heavy atom. The third-order valence-electron chi connectivity index (χ3n) is 3.81. The molecular formula is C15H23N3O. The van der Waals surface area contributed by atoms with E-state index in [2.05, 4.69) is 10.2 Å². The van der Waals surface area contributed by atoms with Crippen molar-refractivity contribution in [2.75, 3.05) is 18.4 Å². The van der Waals surface area contributed by atoms with Crippen molar-refractivity contribution in [1.29, 1.82) is 0 Å². The molecule has 1 aromatic carbocycles. The van der Waals surface area contributed by atoms with Gasteiger partial charge in [-0.05, 0) is 44.5 Å². The van der Waals surface area contributed by atoms with E-state index in [9.17, 15) is 4.79 Å². The summed E-state index contributed by atoms with van der Waals surface area (Å²) >= 11 is 0. The van der Waals surface area contributed by atoms with Gasteiger partial charge < -0.3 is 11.1 Å². The Hall–Kier alpha value is -1.39. The summed E-state index contributed by atoms with van der Waals surface area (Å²) < 4.78 is 0. The van der Waals surface area contributed by atoms with Gasteiger partial charge in [0.15, 0.2) is 0 Å². The van der Waals surface area contributed by atoms with E-state index in [4.69, 9.17) is 5.73 Å². The lowest BCUT2D eigenvalue weighted by Crippen LogP contribution is -2.44. The van der Waals surface area contributed by atoms with Crippen molar-refractivity contribution < 1.29 is 4.79 Å². The molecule has 1 saturated heterocycles. The largest absolute Gasteiger partial charge is 0.326 e. The number of amides is 1. The van der Waals surface area contributed by atoms with Gasteiger partial charge in [0.05, 0.1) is 6.04 Å². The molecule has 4 nitrogen and oxygen atoms in total. The van der Waals surface area contributed by atoms with Crippen molar-refractivity contribution in [3.63, 3.8) is 0 Å². The number of nitrogens with one attached hydrogen (secondary N) is 1. The highest BCUT2D eigenvalue weighted by atomic mass is 16.2. The molecule has 3 N–H and O–H groups in total. The Bertz CT molecular complexity index is 427. The molecule has 1 aliphatic heterocycles. The molecule has 0 aliphatic carbocycles. The Labute approximate surface area is 115 Å². The first kappa shape index (κ1) is 14.0. The Kier molecular flexibility index (Phi) is 4.93. The van der Waals surface area contributed by atoms with Gasteiger partial charge in [-0.25, -0.2) is 0 Å². The molecule has 1 aromatic rings. The standard InChI is InChI=1S/C15H23N3O/c1-12(18-9-5-2-6-10-18)15(19)17-14-8-4-3-7-13(14)11-16/h3-4,7-8,12H,2,5-6,9-11,16H2,1H3,(H,17,19). The average molecular weight is 261 g/mol. The highest BCUT2D eigenvalue weighted by Crippen LogP contribution is 2.17. The summed E-state index contributed by atoms with van der Waals surface area (Å²) in [6.07, 6.45) is 3.66. The number of carbonyl (C=O) groups is 1. The van der Waals surface area contributed by atoms with Crippen LogP contribution in [-0.4, -0.2) is 29.9 Å². The van der Waals surface area contributed by atoms with E-state index in [0.29, 0.717) is 6.54 Å². The van der Waals surface area contributed by atoms with Gasteiger partial charge in [0, 0.05) is 12.2 Å². The molecule has 0 radical (unpaired) electrons. The molecule has 19 heavy (non-hydrogen) atoms. The summed E-state index contributed by atoms with van der Waals surface area (Å²) in [4.78, 5) is 14.5. The maximum absolute atomic E-state index is 12.3. The fraction of sp³-hybridized carbons (Fsp3) is 0.533. The zero-order valence-electron chi connectivity index (χ0n) is 11.6. The number of rotatable bonds is 4. The first-order valence-electron chi connectivity index (χ1n) is 7.05. The zero-order chi connectivity index (χ0) is 13.7. The normalized spacial score (nSPS) is 18.0. The number of nitrogens with two attached hydrogens (primary N) is 1. The van der Waals surface area contributed by atoms with E-state index >= 15 is 0 Å². The fourth-order valence-corrected chi connectivity index (χ4v) is 2.53. The topological polar surface area (TPSA) is 58.4 Å². The van der Waals surface area contributed by atoms with Crippen LogP contribution in [0.15, 0.2) is 24.3 Å². The predicted molar refractivity (Wildman–Crippen MR) is 77.8 cm³/mol. The number of hydrogen-bond donors (Lipinski definition) is 2. The van der Waals surface area contributed by atoms with Gasteiger partial charge in [-0.2, -0.15) is 0 Å². The summed E-state index contributed by atoms with van der Waals surface area (Å²) in [7, 11) is 0. The molecule has 4 heteroatoms. The SMILES string of the molecule is CC(C(=O)Nc1ccccc1CN)N1CCCCC1. The molecule has 1 fully saturated rings. The number of piperidine rings is 1. The molecule has 1 atom stereocenters. The number of nitrogens with zero attached hydrogens (tertiary/aromatic N) is 1. The summed E-state index contributed by atoms with van der Waals surface area (Å²) in [6.45, 7) is 4.46. The van der Waals surface area contributed by atoms with Crippen LogP contribution < -0.4 is 11.1 Å². The molecule has 0 saturated carbocycles.